The van der Waals surface area contributed by atoms with Gasteiger partial charge in [-0.25, -0.2) is 4.98 Å². The van der Waals surface area contributed by atoms with Crippen molar-refractivity contribution in [3.05, 3.63) is 22.1 Å². The minimum absolute atomic E-state index is 0.0573. The Labute approximate surface area is 99.3 Å². The van der Waals surface area contributed by atoms with E-state index in [0.29, 0.717) is 11.3 Å². The maximum Gasteiger partial charge on any atom is 0.251 e. The summed E-state index contributed by atoms with van der Waals surface area (Å²) in [6, 6.07) is 2.14. The molecule has 1 aliphatic carbocycles. The summed E-state index contributed by atoms with van der Waals surface area (Å²) < 4.78 is 0. The molecule has 16 heavy (non-hydrogen) atoms. The van der Waals surface area contributed by atoms with Crippen molar-refractivity contribution in [2.45, 2.75) is 42.6 Å². The first-order valence-corrected chi connectivity index (χ1v) is 6.47. The number of aromatic nitrogens is 2. The standard InChI is InChI=1S/C11H17N3OS/c1-7-5-10(15)14-11(13-7)16-9-4-3-8(6-9)12-2/h5,8-9,12H,3-4,6H2,1-2H3,(H,13,14,15). The number of aryl methyl sites for hydroxylation is 1. The molecule has 1 fully saturated rings. The maximum atomic E-state index is 11.3. The molecule has 2 unspecified atom stereocenters. The Bertz CT molecular complexity index is 418. The summed E-state index contributed by atoms with van der Waals surface area (Å²) in [4.78, 5) is 18.4. The van der Waals surface area contributed by atoms with Gasteiger partial charge in [-0.15, -0.1) is 0 Å². The number of hydrogen-bond donors (Lipinski definition) is 2. The van der Waals surface area contributed by atoms with E-state index in [2.05, 4.69) is 15.3 Å². The van der Waals surface area contributed by atoms with Gasteiger partial charge in [0.1, 0.15) is 0 Å². The van der Waals surface area contributed by atoms with Crippen LogP contribution in [0.2, 0.25) is 0 Å². The Hall–Kier alpha value is -0.810. The van der Waals surface area contributed by atoms with Crippen LogP contribution in [0.3, 0.4) is 0 Å². The normalized spacial score (nSPS) is 24.9. The van der Waals surface area contributed by atoms with E-state index in [0.717, 1.165) is 17.3 Å². The average Bonchev–Trinajstić information content (AvgIpc) is 2.64. The lowest BCUT2D eigenvalue weighted by molar-refractivity contribution is 0.583. The Morgan fingerprint density at radius 2 is 2.38 bits per heavy atom. The highest BCUT2D eigenvalue weighted by atomic mass is 32.2. The number of rotatable bonds is 3. The summed E-state index contributed by atoms with van der Waals surface area (Å²) in [7, 11) is 2.00. The number of nitrogens with zero attached hydrogens (tertiary/aromatic N) is 1. The lowest BCUT2D eigenvalue weighted by Crippen LogP contribution is -2.21. The van der Waals surface area contributed by atoms with Gasteiger partial charge in [0.2, 0.25) is 0 Å². The first-order valence-electron chi connectivity index (χ1n) is 5.59. The van der Waals surface area contributed by atoms with Crippen LogP contribution in [0.1, 0.15) is 25.0 Å². The molecule has 4 nitrogen and oxygen atoms in total. The van der Waals surface area contributed by atoms with Crippen molar-refractivity contribution in [1.82, 2.24) is 15.3 Å². The van der Waals surface area contributed by atoms with E-state index in [9.17, 15) is 4.79 Å². The van der Waals surface area contributed by atoms with Gasteiger partial charge in [0.15, 0.2) is 5.16 Å². The van der Waals surface area contributed by atoms with Crippen molar-refractivity contribution in [3.8, 4) is 0 Å². The highest BCUT2D eigenvalue weighted by Gasteiger charge is 2.24. The second-order valence-corrected chi connectivity index (χ2v) is 5.52. The number of H-pyrrole nitrogens is 1. The van der Waals surface area contributed by atoms with Gasteiger partial charge in [-0.05, 0) is 33.2 Å². The summed E-state index contributed by atoms with van der Waals surface area (Å²) >= 11 is 1.69. The fourth-order valence-corrected chi connectivity index (χ4v) is 3.33. The van der Waals surface area contributed by atoms with Crippen molar-refractivity contribution in [1.29, 1.82) is 0 Å². The Balaban J connectivity index is 2.02. The fourth-order valence-electron chi connectivity index (χ4n) is 2.07. The monoisotopic (exact) mass is 239 g/mol. The zero-order chi connectivity index (χ0) is 11.5. The summed E-state index contributed by atoms with van der Waals surface area (Å²) in [5.74, 6) is 0. The predicted octanol–water partition coefficient (Wildman–Crippen LogP) is 1.31. The zero-order valence-corrected chi connectivity index (χ0v) is 10.4. The smallest absolute Gasteiger partial charge is 0.251 e. The fraction of sp³-hybridized carbons (Fsp3) is 0.636. The summed E-state index contributed by atoms with van der Waals surface area (Å²) in [5, 5.41) is 4.62. The molecule has 2 N–H and O–H groups in total. The Morgan fingerprint density at radius 3 is 3.00 bits per heavy atom. The third-order valence-corrected chi connectivity index (χ3v) is 4.10. The third kappa shape index (κ3) is 2.86. The molecule has 5 heteroatoms. The van der Waals surface area contributed by atoms with Gasteiger partial charge >= 0.3 is 0 Å². The van der Waals surface area contributed by atoms with Gasteiger partial charge in [-0.2, -0.15) is 0 Å². The number of nitrogens with one attached hydrogen (secondary N) is 2. The predicted molar refractivity (Wildman–Crippen MR) is 65.9 cm³/mol. The second kappa shape index (κ2) is 5.01. The molecule has 0 aliphatic heterocycles. The Kier molecular flexibility index (Phi) is 3.66. The molecule has 1 aliphatic rings. The van der Waals surface area contributed by atoms with E-state index in [-0.39, 0.29) is 5.56 Å². The molecule has 0 bridgehead atoms. The van der Waals surface area contributed by atoms with Crippen molar-refractivity contribution in [2.24, 2.45) is 0 Å². The van der Waals surface area contributed by atoms with Crippen LogP contribution in [-0.2, 0) is 0 Å². The van der Waals surface area contributed by atoms with Gasteiger partial charge < -0.3 is 10.3 Å². The van der Waals surface area contributed by atoms with E-state index in [1.807, 2.05) is 14.0 Å². The zero-order valence-electron chi connectivity index (χ0n) is 9.62. The van der Waals surface area contributed by atoms with Crippen molar-refractivity contribution in [3.63, 3.8) is 0 Å². The molecule has 0 amide bonds. The van der Waals surface area contributed by atoms with Crippen LogP contribution < -0.4 is 10.9 Å². The molecular weight excluding hydrogens is 222 g/mol. The molecule has 1 saturated carbocycles. The summed E-state index contributed by atoms with van der Waals surface area (Å²) in [6.45, 7) is 1.85. The minimum Gasteiger partial charge on any atom is -0.317 e. The van der Waals surface area contributed by atoms with E-state index >= 15 is 0 Å². The van der Waals surface area contributed by atoms with Crippen LogP contribution in [0.4, 0.5) is 0 Å². The van der Waals surface area contributed by atoms with E-state index in [1.165, 1.54) is 18.9 Å². The number of aromatic amines is 1. The first kappa shape index (κ1) is 11.7. The highest BCUT2D eigenvalue weighted by Crippen LogP contribution is 2.32. The van der Waals surface area contributed by atoms with Crippen LogP contribution >= 0.6 is 11.8 Å². The maximum absolute atomic E-state index is 11.3. The SMILES string of the molecule is CNC1CCC(Sc2nc(C)cc(=O)[nH]2)C1. The van der Waals surface area contributed by atoms with Gasteiger partial charge in [0, 0.05) is 23.1 Å². The quantitative estimate of drug-likeness (QED) is 0.781. The molecule has 0 radical (unpaired) electrons. The summed E-state index contributed by atoms with van der Waals surface area (Å²) in [5.41, 5.74) is 0.729. The van der Waals surface area contributed by atoms with Gasteiger partial charge in [0.25, 0.3) is 5.56 Å². The van der Waals surface area contributed by atoms with Crippen molar-refractivity contribution in [2.75, 3.05) is 7.05 Å². The van der Waals surface area contributed by atoms with Gasteiger partial charge in [-0.1, -0.05) is 11.8 Å². The third-order valence-electron chi connectivity index (χ3n) is 2.92. The van der Waals surface area contributed by atoms with Crippen LogP contribution in [0, 0.1) is 6.92 Å². The number of hydrogen-bond acceptors (Lipinski definition) is 4. The van der Waals surface area contributed by atoms with Gasteiger partial charge in [0.05, 0.1) is 0 Å². The molecule has 0 saturated heterocycles. The van der Waals surface area contributed by atoms with E-state index < -0.39 is 0 Å². The molecule has 2 rings (SSSR count). The molecule has 0 spiro atoms. The molecule has 1 aromatic heterocycles. The lowest BCUT2D eigenvalue weighted by atomic mass is 10.3. The molecule has 2 atom stereocenters. The largest absolute Gasteiger partial charge is 0.317 e. The molecule has 1 aromatic rings. The first-order chi connectivity index (χ1) is 7.67. The van der Waals surface area contributed by atoms with Crippen LogP contribution in [0.25, 0.3) is 0 Å². The lowest BCUT2D eigenvalue weighted by Gasteiger charge is -2.09. The minimum atomic E-state index is -0.0573. The second-order valence-electron chi connectivity index (χ2n) is 4.23. The Morgan fingerprint density at radius 1 is 1.56 bits per heavy atom. The van der Waals surface area contributed by atoms with Crippen LogP contribution in [-0.4, -0.2) is 28.3 Å². The molecule has 0 aromatic carbocycles. The molecule has 1 heterocycles. The number of thioether (sulfide) groups is 1. The highest BCUT2D eigenvalue weighted by molar-refractivity contribution is 7.99. The van der Waals surface area contributed by atoms with Crippen molar-refractivity contribution >= 4 is 11.8 Å². The van der Waals surface area contributed by atoms with Crippen LogP contribution in [0.15, 0.2) is 16.0 Å². The topological polar surface area (TPSA) is 57.8 Å². The van der Waals surface area contributed by atoms with E-state index in [4.69, 9.17) is 0 Å². The van der Waals surface area contributed by atoms with Crippen LogP contribution in [0.5, 0.6) is 0 Å². The average molecular weight is 239 g/mol. The summed E-state index contributed by atoms with van der Waals surface area (Å²) in [6.07, 6.45) is 3.55. The van der Waals surface area contributed by atoms with Gasteiger partial charge in [-0.3, -0.25) is 4.79 Å². The molecule has 88 valence electrons. The van der Waals surface area contributed by atoms with Crippen molar-refractivity contribution < 1.29 is 0 Å². The van der Waals surface area contributed by atoms with E-state index in [1.54, 1.807) is 11.8 Å². The molecular formula is C11H17N3OS.